The number of benzene rings is 2. The van der Waals surface area contributed by atoms with Gasteiger partial charge < -0.3 is 14.7 Å². The number of allylic oxidation sites excluding steroid dienone is 2. The third kappa shape index (κ3) is 4.91. The number of aliphatic carboxylic acids is 1. The normalized spacial score (nSPS) is 23.9. The largest absolute Gasteiger partial charge is 0.496 e. The second-order valence-corrected chi connectivity index (χ2v) is 10.7. The zero-order valence-electron chi connectivity index (χ0n) is 19.8. The van der Waals surface area contributed by atoms with Crippen LogP contribution in [0, 0.1) is 5.82 Å². The number of carbonyl (C=O) groups is 2. The van der Waals surface area contributed by atoms with Crippen molar-refractivity contribution >= 4 is 27.5 Å². The third-order valence-electron chi connectivity index (χ3n) is 6.53. The van der Waals surface area contributed by atoms with Crippen molar-refractivity contribution in [2.75, 3.05) is 13.4 Å². The number of carbonyl (C=O) groups excluding carboxylic acids is 1. The van der Waals surface area contributed by atoms with Crippen LogP contribution in [-0.2, 0) is 19.6 Å². The number of likely N-dealkylation sites (tertiary alicyclic amines) is 1. The molecule has 1 aliphatic carbocycles. The Morgan fingerprint density at radius 3 is 2.44 bits per heavy atom. The van der Waals surface area contributed by atoms with Crippen molar-refractivity contribution < 1.29 is 32.2 Å². The van der Waals surface area contributed by atoms with Gasteiger partial charge in [-0.3, -0.25) is 4.79 Å². The molecule has 1 saturated heterocycles. The van der Waals surface area contributed by atoms with E-state index in [0.29, 0.717) is 11.3 Å². The molecule has 4 rings (SSSR count). The van der Waals surface area contributed by atoms with Crippen LogP contribution in [0.2, 0.25) is 0 Å². The summed E-state index contributed by atoms with van der Waals surface area (Å²) < 4.78 is 47.3. The number of para-hydroxylation sites is 1. The lowest BCUT2D eigenvalue weighted by Crippen LogP contribution is -2.60. The van der Waals surface area contributed by atoms with Crippen molar-refractivity contribution in [2.45, 2.75) is 36.9 Å². The van der Waals surface area contributed by atoms with Crippen molar-refractivity contribution in [3.63, 3.8) is 0 Å². The highest BCUT2D eigenvalue weighted by Gasteiger charge is 2.50. The van der Waals surface area contributed by atoms with Crippen LogP contribution in [-0.4, -0.2) is 55.2 Å². The van der Waals surface area contributed by atoms with E-state index >= 15 is 0 Å². The van der Waals surface area contributed by atoms with Crippen LogP contribution in [0.3, 0.4) is 0 Å². The lowest BCUT2D eigenvalue weighted by atomic mass is 9.85. The van der Waals surface area contributed by atoms with E-state index in [4.69, 9.17) is 4.74 Å². The van der Waals surface area contributed by atoms with Crippen LogP contribution < -0.4 is 9.46 Å². The molecule has 2 N–H and O–H groups in total. The highest BCUT2D eigenvalue weighted by molar-refractivity contribution is 7.88. The Kier molecular flexibility index (Phi) is 7.01. The second kappa shape index (κ2) is 9.87. The molecule has 2 aromatic rings. The van der Waals surface area contributed by atoms with Crippen molar-refractivity contribution in [2.24, 2.45) is 0 Å². The molecule has 1 aliphatic heterocycles. The molecule has 0 bridgehead atoms. The predicted molar refractivity (Wildman–Crippen MR) is 132 cm³/mol. The smallest absolute Gasteiger partial charge is 0.326 e. The molecule has 8 nitrogen and oxygen atoms in total. The number of carboxylic acids is 1. The van der Waals surface area contributed by atoms with E-state index in [1.54, 1.807) is 24.3 Å². The molecule has 0 aromatic heterocycles. The maximum absolute atomic E-state index is 14.7. The fourth-order valence-electron chi connectivity index (χ4n) is 4.95. The van der Waals surface area contributed by atoms with Gasteiger partial charge in [0.15, 0.2) is 0 Å². The topological polar surface area (TPSA) is 113 Å². The fourth-order valence-corrected chi connectivity index (χ4v) is 5.85. The van der Waals surface area contributed by atoms with Crippen molar-refractivity contribution in [3.8, 4) is 5.75 Å². The van der Waals surface area contributed by atoms with Crippen LogP contribution in [0.4, 0.5) is 4.39 Å². The number of sulfonamides is 1. The van der Waals surface area contributed by atoms with Crippen molar-refractivity contribution in [1.29, 1.82) is 0 Å². The number of carboxylic acid groups (broad SMARTS) is 1. The minimum atomic E-state index is -3.90. The molecular formula is C26H27FN2O6S. The Labute approximate surface area is 209 Å². The van der Waals surface area contributed by atoms with Gasteiger partial charge in [0.2, 0.25) is 15.9 Å². The van der Waals surface area contributed by atoms with Gasteiger partial charge in [0, 0.05) is 11.1 Å². The molecule has 1 heterocycles. The fraction of sp³-hybridized carbons (Fsp3) is 0.308. The minimum Gasteiger partial charge on any atom is -0.496 e. The lowest BCUT2D eigenvalue weighted by Gasteiger charge is -2.39. The average molecular weight is 515 g/mol. The van der Waals surface area contributed by atoms with Gasteiger partial charge in [0.25, 0.3) is 0 Å². The number of halogens is 1. The Morgan fingerprint density at radius 2 is 1.83 bits per heavy atom. The first-order chi connectivity index (χ1) is 17.1. The van der Waals surface area contributed by atoms with Crippen LogP contribution in [0.15, 0.2) is 66.8 Å². The molecule has 1 unspecified atom stereocenters. The molecule has 0 spiro atoms. The van der Waals surface area contributed by atoms with E-state index in [1.807, 2.05) is 18.2 Å². The van der Waals surface area contributed by atoms with Gasteiger partial charge in [-0.05, 0) is 37.0 Å². The molecule has 0 radical (unpaired) electrons. The highest BCUT2D eigenvalue weighted by Crippen LogP contribution is 2.41. The van der Waals surface area contributed by atoms with E-state index in [1.165, 1.54) is 31.4 Å². The number of nitrogens with zero attached hydrogens (tertiary/aromatic N) is 1. The molecule has 36 heavy (non-hydrogen) atoms. The van der Waals surface area contributed by atoms with Gasteiger partial charge in [0.05, 0.1) is 19.4 Å². The van der Waals surface area contributed by atoms with Crippen LogP contribution in [0.25, 0.3) is 5.57 Å². The number of hydrogen-bond acceptors (Lipinski definition) is 5. The summed E-state index contributed by atoms with van der Waals surface area (Å²) in [5, 5.41) is 9.86. The predicted octanol–water partition coefficient (Wildman–Crippen LogP) is 3.28. The SMILES string of the molecule is COc1ccccc1C1=CCC(NS(C)(=O)=O)(C(=O)N2[C@@H](c3ccccc3F)CC[C@H]2C(=O)O)C=C1. The zero-order chi connectivity index (χ0) is 26.1. The Bertz CT molecular complexity index is 1360. The molecule has 190 valence electrons. The summed E-state index contributed by atoms with van der Waals surface area (Å²) >= 11 is 0. The number of amides is 1. The summed E-state index contributed by atoms with van der Waals surface area (Å²) in [6.07, 6.45) is 5.96. The second-order valence-electron chi connectivity index (χ2n) is 8.92. The molecule has 2 aromatic carbocycles. The summed E-state index contributed by atoms with van der Waals surface area (Å²) in [6, 6.07) is 11.1. The third-order valence-corrected chi connectivity index (χ3v) is 7.26. The summed E-state index contributed by atoms with van der Waals surface area (Å²) in [5.41, 5.74) is -0.117. The quantitative estimate of drug-likeness (QED) is 0.586. The van der Waals surface area contributed by atoms with E-state index < -0.39 is 45.3 Å². The molecule has 2 aliphatic rings. The van der Waals surface area contributed by atoms with E-state index in [2.05, 4.69) is 4.72 Å². The van der Waals surface area contributed by atoms with Gasteiger partial charge in [-0.25, -0.2) is 17.6 Å². The molecule has 3 atom stereocenters. The van der Waals surface area contributed by atoms with Gasteiger partial charge in [-0.1, -0.05) is 54.6 Å². The first-order valence-electron chi connectivity index (χ1n) is 11.4. The maximum Gasteiger partial charge on any atom is 0.326 e. The number of methoxy groups -OCH3 is 1. The number of ether oxygens (including phenoxy) is 1. The molecule has 0 saturated carbocycles. The minimum absolute atomic E-state index is 0.0738. The standard InChI is InChI=1S/C26H27FN2O6S/c1-35-23-10-6-4-7-18(23)17-13-15-26(16-14-17,28-36(2,33)34)25(32)29-21(11-12-22(29)24(30)31)19-8-3-5-9-20(19)27/h3-10,13-15,21-22,28H,11-12,16H2,1-2H3,(H,30,31)/t21-,22+,26?/m1/s1. The van der Waals surface area contributed by atoms with Gasteiger partial charge >= 0.3 is 5.97 Å². The van der Waals surface area contributed by atoms with Crippen molar-refractivity contribution in [3.05, 3.63) is 83.7 Å². The average Bonchev–Trinajstić information content (AvgIpc) is 3.28. The number of nitrogens with one attached hydrogen (secondary N) is 1. The lowest BCUT2D eigenvalue weighted by molar-refractivity contribution is -0.151. The Morgan fingerprint density at radius 1 is 1.14 bits per heavy atom. The Hall–Kier alpha value is -3.50. The van der Waals surface area contributed by atoms with Crippen LogP contribution in [0.1, 0.15) is 36.4 Å². The van der Waals surface area contributed by atoms with Gasteiger partial charge in [-0.15, -0.1) is 0 Å². The molecule has 1 amide bonds. The van der Waals surface area contributed by atoms with E-state index in [9.17, 15) is 27.5 Å². The summed E-state index contributed by atoms with van der Waals surface area (Å²) in [7, 11) is -2.37. The zero-order valence-corrected chi connectivity index (χ0v) is 20.7. The van der Waals surface area contributed by atoms with Crippen molar-refractivity contribution in [1.82, 2.24) is 9.62 Å². The van der Waals surface area contributed by atoms with E-state index in [-0.39, 0.29) is 24.8 Å². The Balaban J connectivity index is 1.77. The first-order valence-corrected chi connectivity index (χ1v) is 13.3. The molecular weight excluding hydrogens is 487 g/mol. The number of hydrogen-bond donors (Lipinski definition) is 2. The van der Waals surface area contributed by atoms with E-state index in [0.717, 1.165) is 16.7 Å². The number of rotatable bonds is 7. The van der Waals surface area contributed by atoms with Crippen LogP contribution >= 0.6 is 0 Å². The summed E-state index contributed by atoms with van der Waals surface area (Å²) in [4.78, 5) is 27.3. The molecule has 1 fully saturated rings. The maximum atomic E-state index is 14.7. The summed E-state index contributed by atoms with van der Waals surface area (Å²) in [6.45, 7) is 0. The van der Waals surface area contributed by atoms with Crippen LogP contribution in [0.5, 0.6) is 5.75 Å². The highest BCUT2D eigenvalue weighted by atomic mass is 32.2. The molecule has 10 heteroatoms. The monoisotopic (exact) mass is 514 g/mol. The van der Waals surface area contributed by atoms with Gasteiger partial charge in [0.1, 0.15) is 23.1 Å². The van der Waals surface area contributed by atoms with Gasteiger partial charge in [-0.2, -0.15) is 4.72 Å². The summed E-state index contributed by atoms with van der Waals surface area (Å²) in [5.74, 6) is -1.94. The first kappa shape index (κ1) is 25.6.